The predicted molar refractivity (Wildman–Crippen MR) is 71.9 cm³/mol. The number of hydrogen-bond acceptors (Lipinski definition) is 3. The highest BCUT2D eigenvalue weighted by Gasteiger charge is 2.37. The number of nitrogens with two attached hydrogens (primary N) is 1. The van der Waals surface area contributed by atoms with Gasteiger partial charge in [0, 0.05) is 6.54 Å². The summed E-state index contributed by atoms with van der Waals surface area (Å²) in [6, 6.07) is 10.4. The number of rotatable bonds is 2. The summed E-state index contributed by atoms with van der Waals surface area (Å²) in [4.78, 5) is 25.7. The molecule has 0 saturated heterocycles. The van der Waals surface area contributed by atoms with E-state index in [-0.39, 0.29) is 6.54 Å². The van der Waals surface area contributed by atoms with Gasteiger partial charge in [-0.15, -0.1) is 0 Å². The molecule has 0 saturated carbocycles. The van der Waals surface area contributed by atoms with E-state index in [1.165, 1.54) is 18.2 Å². The highest BCUT2D eigenvalue weighted by molar-refractivity contribution is 6.34. The second-order valence-electron chi connectivity index (χ2n) is 4.47. The van der Waals surface area contributed by atoms with Gasteiger partial charge in [0.15, 0.2) is 0 Å². The molecule has 0 bridgehead atoms. The van der Waals surface area contributed by atoms with Gasteiger partial charge in [0.05, 0.1) is 16.8 Å². The normalized spacial score (nSPS) is 13.8. The smallest absolute Gasteiger partial charge is 0.266 e. The lowest BCUT2D eigenvalue weighted by Gasteiger charge is -2.17. The highest BCUT2D eigenvalue weighted by Crippen LogP contribution is 2.30. The van der Waals surface area contributed by atoms with Gasteiger partial charge in [0.1, 0.15) is 5.82 Å². The quantitative estimate of drug-likeness (QED) is 0.850. The molecular formula is C15H11FN2O2. The summed E-state index contributed by atoms with van der Waals surface area (Å²) in [6.45, 7) is 0.0422. The first kappa shape index (κ1) is 12.5. The molecular weight excluding hydrogens is 259 g/mol. The van der Waals surface area contributed by atoms with Crippen LogP contribution in [0.4, 0.5) is 10.1 Å². The van der Waals surface area contributed by atoms with E-state index in [0.29, 0.717) is 22.4 Å². The fraction of sp³-hybridized carbons (Fsp3) is 0.0667. The van der Waals surface area contributed by atoms with Gasteiger partial charge in [-0.3, -0.25) is 9.59 Å². The molecule has 0 atom stereocenters. The van der Waals surface area contributed by atoms with Crippen LogP contribution in [0.1, 0.15) is 26.3 Å². The Labute approximate surface area is 114 Å². The molecule has 1 heterocycles. The topological polar surface area (TPSA) is 63.4 Å². The van der Waals surface area contributed by atoms with Gasteiger partial charge in [-0.05, 0) is 35.9 Å². The van der Waals surface area contributed by atoms with Gasteiger partial charge in [0.2, 0.25) is 0 Å². The zero-order valence-corrected chi connectivity index (χ0v) is 10.5. The summed E-state index contributed by atoms with van der Waals surface area (Å²) in [6.07, 6.45) is 0. The number of halogens is 1. The second kappa shape index (κ2) is 4.54. The molecule has 0 fully saturated rings. The van der Waals surface area contributed by atoms with Gasteiger partial charge >= 0.3 is 0 Å². The standard InChI is InChI=1S/C15H11FN2O2/c16-10-5-6-13(9(7-10)8-17)18-14(19)11-3-1-2-4-12(11)15(18)20/h1-7H,8,17H2. The number of carbonyl (C=O) groups excluding carboxylic acids is 2. The summed E-state index contributed by atoms with van der Waals surface area (Å²) < 4.78 is 13.2. The molecule has 2 aromatic rings. The predicted octanol–water partition coefficient (Wildman–Crippen LogP) is 2.08. The summed E-state index contributed by atoms with van der Waals surface area (Å²) in [5, 5.41) is 0. The van der Waals surface area contributed by atoms with E-state index in [0.717, 1.165) is 4.90 Å². The summed E-state index contributed by atoms with van der Waals surface area (Å²) >= 11 is 0. The Kier molecular flexibility index (Phi) is 2.84. The van der Waals surface area contributed by atoms with Gasteiger partial charge in [0.25, 0.3) is 11.8 Å². The van der Waals surface area contributed by atoms with Crippen molar-refractivity contribution in [1.82, 2.24) is 0 Å². The first-order chi connectivity index (χ1) is 9.63. The van der Waals surface area contributed by atoms with E-state index in [1.54, 1.807) is 24.3 Å². The van der Waals surface area contributed by atoms with Crippen LogP contribution in [0.3, 0.4) is 0 Å². The number of amides is 2. The molecule has 3 rings (SSSR count). The van der Waals surface area contributed by atoms with Crippen molar-refractivity contribution in [2.75, 3.05) is 4.90 Å². The van der Waals surface area contributed by atoms with Crippen LogP contribution >= 0.6 is 0 Å². The van der Waals surface area contributed by atoms with Gasteiger partial charge in [-0.1, -0.05) is 12.1 Å². The molecule has 20 heavy (non-hydrogen) atoms. The molecule has 5 heteroatoms. The lowest BCUT2D eigenvalue weighted by atomic mass is 10.1. The SMILES string of the molecule is NCc1cc(F)ccc1N1C(=O)c2ccccc2C1=O. The Bertz CT molecular complexity index is 693. The first-order valence-electron chi connectivity index (χ1n) is 6.10. The van der Waals surface area contributed by atoms with Crippen molar-refractivity contribution in [3.8, 4) is 0 Å². The van der Waals surface area contributed by atoms with Crippen LogP contribution in [-0.2, 0) is 6.54 Å². The van der Waals surface area contributed by atoms with Crippen molar-refractivity contribution in [2.24, 2.45) is 5.73 Å². The molecule has 2 N–H and O–H groups in total. The highest BCUT2D eigenvalue weighted by atomic mass is 19.1. The maximum Gasteiger partial charge on any atom is 0.266 e. The lowest BCUT2D eigenvalue weighted by Crippen LogP contribution is -2.30. The molecule has 2 aromatic carbocycles. The van der Waals surface area contributed by atoms with Crippen molar-refractivity contribution in [3.63, 3.8) is 0 Å². The lowest BCUT2D eigenvalue weighted by molar-refractivity contribution is 0.0926. The first-order valence-corrected chi connectivity index (χ1v) is 6.10. The number of nitrogens with zero attached hydrogens (tertiary/aromatic N) is 1. The maximum absolute atomic E-state index is 13.2. The van der Waals surface area contributed by atoms with Crippen LogP contribution in [0.25, 0.3) is 0 Å². The minimum absolute atomic E-state index is 0.0422. The van der Waals surface area contributed by atoms with Crippen molar-refractivity contribution in [3.05, 3.63) is 65.0 Å². The average Bonchev–Trinajstić information content (AvgIpc) is 2.72. The Morgan fingerprint density at radius 2 is 1.60 bits per heavy atom. The van der Waals surface area contributed by atoms with E-state index >= 15 is 0 Å². The number of anilines is 1. The van der Waals surface area contributed by atoms with Crippen molar-refractivity contribution < 1.29 is 14.0 Å². The zero-order valence-electron chi connectivity index (χ0n) is 10.5. The number of benzene rings is 2. The fourth-order valence-electron chi connectivity index (χ4n) is 2.34. The van der Waals surface area contributed by atoms with Crippen molar-refractivity contribution in [1.29, 1.82) is 0 Å². The van der Waals surface area contributed by atoms with E-state index < -0.39 is 17.6 Å². The third kappa shape index (κ3) is 1.71. The number of carbonyl (C=O) groups is 2. The third-order valence-corrected chi connectivity index (χ3v) is 3.30. The Balaban J connectivity index is 2.14. The largest absolute Gasteiger partial charge is 0.326 e. The van der Waals surface area contributed by atoms with Crippen LogP contribution in [0, 0.1) is 5.82 Å². The maximum atomic E-state index is 13.2. The number of fused-ring (bicyclic) bond motifs is 1. The molecule has 0 unspecified atom stereocenters. The number of hydrogen-bond donors (Lipinski definition) is 1. The second-order valence-corrected chi connectivity index (χ2v) is 4.47. The summed E-state index contributed by atoms with van der Waals surface area (Å²) in [7, 11) is 0. The molecule has 1 aliphatic rings. The third-order valence-electron chi connectivity index (χ3n) is 3.30. The molecule has 0 radical (unpaired) electrons. The van der Waals surface area contributed by atoms with Crippen molar-refractivity contribution >= 4 is 17.5 Å². The van der Waals surface area contributed by atoms with E-state index in [1.807, 2.05) is 0 Å². The van der Waals surface area contributed by atoms with E-state index in [4.69, 9.17) is 5.73 Å². The summed E-state index contributed by atoms with van der Waals surface area (Å²) in [5.41, 5.74) is 7.02. The molecule has 100 valence electrons. The number of imide groups is 1. The Morgan fingerprint density at radius 3 is 2.15 bits per heavy atom. The fourth-order valence-corrected chi connectivity index (χ4v) is 2.34. The minimum Gasteiger partial charge on any atom is -0.326 e. The molecule has 0 aromatic heterocycles. The van der Waals surface area contributed by atoms with Crippen LogP contribution in [0.2, 0.25) is 0 Å². The van der Waals surface area contributed by atoms with Gasteiger partial charge in [-0.25, -0.2) is 9.29 Å². The molecule has 0 aliphatic carbocycles. The molecule has 1 aliphatic heterocycles. The van der Waals surface area contributed by atoms with E-state index in [9.17, 15) is 14.0 Å². The summed E-state index contributed by atoms with van der Waals surface area (Å²) in [5.74, 6) is -1.27. The van der Waals surface area contributed by atoms with Gasteiger partial charge < -0.3 is 5.73 Å². The molecule has 0 spiro atoms. The van der Waals surface area contributed by atoms with Crippen LogP contribution in [-0.4, -0.2) is 11.8 Å². The monoisotopic (exact) mass is 270 g/mol. The van der Waals surface area contributed by atoms with Crippen molar-refractivity contribution in [2.45, 2.75) is 6.54 Å². The molecule has 4 nitrogen and oxygen atoms in total. The van der Waals surface area contributed by atoms with Crippen LogP contribution < -0.4 is 10.6 Å². The minimum atomic E-state index is -0.453. The average molecular weight is 270 g/mol. The Hall–Kier alpha value is -2.53. The Morgan fingerprint density at radius 1 is 1.00 bits per heavy atom. The zero-order chi connectivity index (χ0) is 14.3. The van der Waals surface area contributed by atoms with Crippen LogP contribution in [0.15, 0.2) is 42.5 Å². The van der Waals surface area contributed by atoms with Crippen LogP contribution in [0.5, 0.6) is 0 Å². The van der Waals surface area contributed by atoms with E-state index in [2.05, 4.69) is 0 Å². The van der Waals surface area contributed by atoms with Gasteiger partial charge in [-0.2, -0.15) is 0 Å². The molecule has 2 amide bonds.